The highest BCUT2D eigenvalue weighted by Crippen LogP contribution is 2.36. The number of benzene rings is 2. The second kappa shape index (κ2) is 9.79. The van der Waals surface area contributed by atoms with Gasteiger partial charge in [-0.1, -0.05) is 48.2 Å². The number of aromatic nitrogens is 6. The van der Waals surface area contributed by atoms with Gasteiger partial charge in [0.1, 0.15) is 12.4 Å². The number of allylic oxidation sites excluding steroid dienone is 1. The number of nitrogens with two attached hydrogens (primary N) is 1. The molecule has 2 aromatic carbocycles. The molecule has 11 heteroatoms. The fourth-order valence-corrected chi connectivity index (χ4v) is 4.24. The normalized spacial score (nSPS) is 14.5. The molecule has 2 aromatic heterocycles. The average molecular weight is 475 g/mol. The smallest absolute Gasteiger partial charge is 0.232 e. The number of hydrogen-bond acceptors (Lipinski definition) is 10. The lowest BCUT2D eigenvalue weighted by molar-refractivity contribution is 0.0821. The van der Waals surface area contributed by atoms with Gasteiger partial charge < -0.3 is 20.5 Å². The zero-order valence-corrected chi connectivity index (χ0v) is 19.0. The summed E-state index contributed by atoms with van der Waals surface area (Å²) in [5.41, 5.74) is 6.77. The van der Waals surface area contributed by atoms with Crippen molar-refractivity contribution >= 4 is 29.3 Å². The average Bonchev–Trinajstić information content (AvgIpc) is 3.25. The Hall–Kier alpha value is -4.12. The van der Waals surface area contributed by atoms with Crippen LogP contribution in [-0.4, -0.2) is 36.3 Å². The van der Waals surface area contributed by atoms with E-state index in [1.54, 1.807) is 6.08 Å². The van der Waals surface area contributed by atoms with E-state index in [0.29, 0.717) is 47.4 Å². The highest BCUT2D eigenvalue weighted by Gasteiger charge is 2.28. The summed E-state index contributed by atoms with van der Waals surface area (Å²) in [7, 11) is 0. The number of nitrogens with one attached hydrogen (secondary N) is 1. The molecule has 0 fully saturated rings. The van der Waals surface area contributed by atoms with Gasteiger partial charge in [-0.3, -0.25) is 4.57 Å². The van der Waals surface area contributed by atoms with Gasteiger partial charge in [-0.15, -0.1) is 16.8 Å². The van der Waals surface area contributed by atoms with Gasteiger partial charge >= 0.3 is 0 Å². The molecule has 1 aliphatic rings. The molecule has 0 saturated carbocycles. The maximum Gasteiger partial charge on any atom is 0.232 e. The van der Waals surface area contributed by atoms with Crippen molar-refractivity contribution < 1.29 is 9.47 Å². The summed E-state index contributed by atoms with van der Waals surface area (Å²) in [6.07, 6.45) is 1.41. The predicted molar refractivity (Wildman–Crippen MR) is 129 cm³/mol. The van der Waals surface area contributed by atoms with Gasteiger partial charge in [-0.25, -0.2) is 0 Å². The molecule has 0 aliphatic carbocycles. The first-order valence-corrected chi connectivity index (χ1v) is 11.6. The summed E-state index contributed by atoms with van der Waals surface area (Å²) >= 11 is 1.44. The summed E-state index contributed by atoms with van der Waals surface area (Å²) in [5.74, 6) is 3.54. The zero-order valence-electron chi connectivity index (χ0n) is 18.2. The minimum Gasteiger partial charge on any atom is -0.485 e. The molecule has 0 radical (unpaired) electrons. The molecule has 5 rings (SSSR count). The molecule has 0 bridgehead atoms. The van der Waals surface area contributed by atoms with Crippen molar-refractivity contribution in [2.45, 2.75) is 23.6 Å². The van der Waals surface area contributed by atoms with Gasteiger partial charge in [-0.2, -0.15) is 15.0 Å². The molecule has 0 saturated heterocycles. The number of fused-ring (bicyclic) bond motifs is 1. The van der Waals surface area contributed by atoms with Crippen LogP contribution in [0, 0.1) is 0 Å². The minimum absolute atomic E-state index is 0.142. The van der Waals surface area contributed by atoms with E-state index in [0.717, 1.165) is 11.4 Å². The van der Waals surface area contributed by atoms with E-state index in [9.17, 15) is 0 Å². The van der Waals surface area contributed by atoms with E-state index in [-0.39, 0.29) is 12.1 Å². The van der Waals surface area contributed by atoms with Crippen LogP contribution in [-0.2, 0) is 12.3 Å². The van der Waals surface area contributed by atoms with E-state index in [2.05, 4.69) is 37.0 Å². The first-order chi connectivity index (χ1) is 16.7. The van der Waals surface area contributed by atoms with Crippen LogP contribution in [0.25, 0.3) is 0 Å². The first-order valence-electron chi connectivity index (χ1n) is 10.6. The standard InChI is InChI=1S/C23H22N8O2S/c1-2-12-31-20(18-13-32-16-10-6-7-11-17(16)33-18)29-30-23(31)34-14-19-26-21(24)28-22(27-19)25-15-8-4-3-5-9-15/h2-11,18H,1,12-14H2,(H3,24,25,26,27,28)/t18-/m0/s1. The van der Waals surface area contributed by atoms with Crippen molar-refractivity contribution in [2.24, 2.45) is 0 Å². The van der Waals surface area contributed by atoms with Crippen LogP contribution >= 0.6 is 11.8 Å². The number of thioether (sulfide) groups is 1. The van der Waals surface area contributed by atoms with Crippen LogP contribution in [0.4, 0.5) is 17.6 Å². The van der Waals surface area contributed by atoms with Crippen molar-refractivity contribution in [3.8, 4) is 11.5 Å². The van der Waals surface area contributed by atoms with Gasteiger partial charge in [0.15, 0.2) is 28.6 Å². The third kappa shape index (κ3) is 4.79. The van der Waals surface area contributed by atoms with Crippen LogP contribution in [0.15, 0.2) is 72.4 Å². The largest absolute Gasteiger partial charge is 0.485 e. The molecule has 1 atom stereocenters. The fourth-order valence-electron chi connectivity index (χ4n) is 3.43. The molecule has 0 spiro atoms. The van der Waals surface area contributed by atoms with Gasteiger partial charge in [0.25, 0.3) is 0 Å². The lowest BCUT2D eigenvalue weighted by atomic mass is 10.2. The molecular formula is C23H22N8O2S. The first kappa shape index (κ1) is 21.7. The second-order valence-corrected chi connectivity index (χ2v) is 8.26. The maximum atomic E-state index is 6.12. The van der Waals surface area contributed by atoms with Gasteiger partial charge in [-0.05, 0) is 24.3 Å². The Balaban J connectivity index is 1.32. The quantitative estimate of drug-likeness (QED) is 0.288. The molecule has 3 heterocycles. The molecular weight excluding hydrogens is 452 g/mol. The summed E-state index contributed by atoms with van der Waals surface area (Å²) < 4.78 is 13.9. The molecule has 3 N–H and O–H groups in total. The number of ether oxygens (including phenoxy) is 2. The Morgan fingerprint density at radius 2 is 1.85 bits per heavy atom. The SMILES string of the molecule is C=CCn1c(SCc2nc(N)nc(Nc3ccccc3)n2)nnc1[C@@H]1COc2ccccc2O1. The number of hydrogen-bond donors (Lipinski definition) is 2. The fraction of sp³-hybridized carbons (Fsp3) is 0.174. The predicted octanol–water partition coefficient (Wildman–Crippen LogP) is 3.78. The molecule has 0 unspecified atom stereocenters. The maximum absolute atomic E-state index is 6.12. The van der Waals surface area contributed by atoms with E-state index in [1.807, 2.05) is 59.2 Å². The van der Waals surface area contributed by atoms with Gasteiger partial charge in [0.05, 0.1) is 5.75 Å². The minimum atomic E-state index is -0.383. The number of rotatable bonds is 8. The van der Waals surface area contributed by atoms with Crippen LogP contribution in [0.1, 0.15) is 17.8 Å². The highest BCUT2D eigenvalue weighted by atomic mass is 32.2. The van der Waals surface area contributed by atoms with Crippen molar-refractivity contribution in [1.29, 1.82) is 0 Å². The molecule has 34 heavy (non-hydrogen) atoms. The number of anilines is 3. The zero-order chi connectivity index (χ0) is 23.3. The summed E-state index contributed by atoms with van der Waals surface area (Å²) in [5, 5.41) is 12.6. The molecule has 172 valence electrons. The molecule has 4 aromatic rings. The van der Waals surface area contributed by atoms with Crippen molar-refractivity contribution in [2.75, 3.05) is 17.7 Å². The Morgan fingerprint density at radius 1 is 1.06 bits per heavy atom. The van der Waals surface area contributed by atoms with Gasteiger partial charge in [0.2, 0.25) is 11.9 Å². The van der Waals surface area contributed by atoms with Crippen molar-refractivity contribution in [1.82, 2.24) is 29.7 Å². The number of para-hydroxylation sites is 3. The lowest BCUT2D eigenvalue weighted by Gasteiger charge is -2.26. The van der Waals surface area contributed by atoms with Crippen LogP contribution in [0.3, 0.4) is 0 Å². The lowest BCUT2D eigenvalue weighted by Crippen LogP contribution is -2.25. The molecule has 0 amide bonds. The second-order valence-electron chi connectivity index (χ2n) is 7.32. The molecule has 10 nitrogen and oxygen atoms in total. The number of nitrogen functional groups attached to an aromatic ring is 1. The Labute approximate surface area is 200 Å². The van der Waals surface area contributed by atoms with Crippen LogP contribution in [0.2, 0.25) is 0 Å². The molecule has 1 aliphatic heterocycles. The van der Waals surface area contributed by atoms with E-state index >= 15 is 0 Å². The van der Waals surface area contributed by atoms with E-state index < -0.39 is 0 Å². The Morgan fingerprint density at radius 3 is 2.68 bits per heavy atom. The van der Waals surface area contributed by atoms with E-state index in [1.165, 1.54) is 11.8 Å². The summed E-state index contributed by atoms with van der Waals surface area (Å²) in [6.45, 7) is 4.73. The third-order valence-electron chi connectivity index (χ3n) is 4.91. The van der Waals surface area contributed by atoms with Crippen LogP contribution in [0.5, 0.6) is 11.5 Å². The number of nitrogens with zero attached hydrogens (tertiary/aromatic N) is 6. The van der Waals surface area contributed by atoms with E-state index in [4.69, 9.17) is 15.2 Å². The Kier molecular flexibility index (Phi) is 6.25. The monoisotopic (exact) mass is 474 g/mol. The summed E-state index contributed by atoms with van der Waals surface area (Å²) in [6, 6.07) is 17.2. The van der Waals surface area contributed by atoms with Gasteiger partial charge in [0, 0.05) is 12.2 Å². The van der Waals surface area contributed by atoms with Crippen molar-refractivity contribution in [3.05, 3.63) is 78.9 Å². The Bertz CT molecular complexity index is 1300. The third-order valence-corrected chi connectivity index (χ3v) is 5.88. The topological polar surface area (TPSA) is 126 Å². The van der Waals surface area contributed by atoms with Crippen LogP contribution < -0.4 is 20.5 Å². The highest BCUT2D eigenvalue weighted by molar-refractivity contribution is 7.98. The van der Waals surface area contributed by atoms with Crippen molar-refractivity contribution in [3.63, 3.8) is 0 Å². The summed E-state index contributed by atoms with van der Waals surface area (Å²) in [4.78, 5) is 12.9.